The molecule has 21 heavy (non-hydrogen) atoms. The summed E-state index contributed by atoms with van der Waals surface area (Å²) in [5.41, 5.74) is 3.25. The zero-order chi connectivity index (χ0) is 15.2. The van der Waals surface area contributed by atoms with Gasteiger partial charge in [0.05, 0.1) is 11.6 Å². The topological polar surface area (TPSA) is 21.3 Å². The molecule has 0 fully saturated rings. The van der Waals surface area contributed by atoms with Crippen molar-refractivity contribution in [3.63, 3.8) is 0 Å². The van der Waals surface area contributed by atoms with E-state index < -0.39 is 0 Å². The molecule has 2 rings (SSSR count). The van der Waals surface area contributed by atoms with Gasteiger partial charge in [0.2, 0.25) is 0 Å². The van der Waals surface area contributed by atoms with E-state index in [-0.39, 0.29) is 0 Å². The first-order valence-corrected chi connectivity index (χ1v) is 7.77. The van der Waals surface area contributed by atoms with E-state index in [9.17, 15) is 0 Å². The number of nitrogens with one attached hydrogen (secondary N) is 1. The maximum Gasteiger partial charge on any atom is 0.142 e. The number of benzene rings is 2. The van der Waals surface area contributed by atoms with Gasteiger partial charge in [0.1, 0.15) is 5.75 Å². The molecule has 2 aromatic carbocycles. The highest BCUT2D eigenvalue weighted by atomic mass is 35.5. The van der Waals surface area contributed by atoms with Crippen LogP contribution in [0.2, 0.25) is 10.0 Å². The number of hydrogen-bond acceptors (Lipinski definition) is 2. The molecule has 112 valence electrons. The Labute approximate surface area is 136 Å². The van der Waals surface area contributed by atoms with Crippen molar-refractivity contribution in [2.75, 3.05) is 11.9 Å². The van der Waals surface area contributed by atoms with Crippen LogP contribution in [0.4, 0.5) is 5.69 Å². The van der Waals surface area contributed by atoms with Crippen molar-refractivity contribution in [2.24, 2.45) is 0 Å². The molecule has 2 aromatic rings. The average Bonchev–Trinajstić information content (AvgIpc) is 2.45. The molecule has 0 amide bonds. The highest BCUT2D eigenvalue weighted by Gasteiger charge is 2.11. The minimum atomic E-state index is 0.553. The van der Waals surface area contributed by atoms with Gasteiger partial charge in [0, 0.05) is 22.8 Å². The van der Waals surface area contributed by atoms with Gasteiger partial charge in [-0.15, -0.1) is 0 Å². The minimum absolute atomic E-state index is 0.553. The van der Waals surface area contributed by atoms with Crippen LogP contribution in [0.1, 0.15) is 24.5 Å². The van der Waals surface area contributed by atoms with Crippen LogP contribution in [0, 0.1) is 6.92 Å². The third kappa shape index (κ3) is 4.29. The molecular formula is C17H19Cl2NO. The van der Waals surface area contributed by atoms with Crippen LogP contribution < -0.4 is 10.1 Å². The number of halogens is 2. The average molecular weight is 324 g/mol. The molecule has 0 heterocycles. The molecule has 0 unspecified atom stereocenters. The summed E-state index contributed by atoms with van der Waals surface area (Å²) < 4.78 is 5.76. The number of hydrogen-bond donors (Lipinski definition) is 1. The fourth-order valence-electron chi connectivity index (χ4n) is 2.07. The summed E-state index contributed by atoms with van der Waals surface area (Å²) in [4.78, 5) is 0. The first-order chi connectivity index (χ1) is 10.1. The second-order valence-corrected chi connectivity index (χ2v) is 5.74. The molecule has 0 saturated heterocycles. The zero-order valence-electron chi connectivity index (χ0n) is 12.2. The number of anilines is 1. The Morgan fingerprint density at radius 3 is 2.62 bits per heavy atom. The lowest BCUT2D eigenvalue weighted by molar-refractivity contribution is 0.314. The Bertz CT molecular complexity index is 614. The Balaban J connectivity index is 2.20. The van der Waals surface area contributed by atoms with Gasteiger partial charge in [-0.05, 0) is 37.1 Å². The Hall–Kier alpha value is -1.38. The van der Waals surface area contributed by atoms with Crippen LogP contribution in [0.5, 0.6) is 5.75 Å². The van der Waals surface area contributed by atoms with Crippen LogP contribution in [-0.4, -0.2) is 6.61 Å². The zero-order valence-corrected chi connectivity index (χ0v) is 13.8. The van der Waals surface area contributed by atoms with Crippen molar-refractivity contribution >= 4 is 28.9 Å². The normalized spacial score (nSPS) is 10.5. The smallest absolute Gasteiger partial charge is 0.142 e. The monoisotopic (exact) mass is 323 g/mol. The first-order valence-electron chi connectivity index (χ1n) is 7.02. The summed E-state index contributed by atoms with van der Waals surface area (Å²) in [5.74, 6) is 0.712. The molecule has 0 aromatic heterocycles. The number of para-hydroxylation sites is 1. The molecular weight excluding hydrogens is 305 g/mol. The van der Waals surface area contributed by atoms with E-state index in [1.807, 2.05) is 24.3 Å². The maximum atomic E-state index is 6.25. The van der Waals surface area contributed by atoms with Gasteiger partial charge >= 0.3 is 0 Å². The lowest BCUT2D eigenvalue weighted by Gasteiger charge is -2.15. The Morgan fingerprint density at radius 2 is 1.90 bits per heavy atom. The van der Waals surface area contributed by atoms with E-state index in [0.29, 0.717) is 28.9 Å². The van der Waals surface area contributed by atoms with Gasteiger partial charge in [-0.2, -0.15) is 0 Å². The largest absolute Gasteiger partial charge is 0.492 e. The second kappa shape index (κ2) is 7.58. The molecule has 4 heteroatoms. The maximum absolute atomic E-state index is 6.25. The SMILES string of the molecule is CCCOc1c(Cl)cc(Cl)cc1CNc1ccccc1C. The van der Waals surface area contributed by atoms with Crippen molar-refractivity contribution < 1.29 is 4.74 Å². The molecule has 0 spiro atoms. The van der Waals surface area contributed by atoms with E-state index in [1.165, 1.54) is 5.56 Å². The van der Waals surface area contributed by atoms with Crippen LogP contribution in [-0.2, 0) is 6.54 Å². The standard InChI is InChI=1S/C17H19Cl2NO/c1-3-8-21-17-13(9-14(18)10-15(17)19)11-20-16-7-5-4-6-12(16)2/h4-7,9-10,20H,3,8,11H2,1-2H3. The highest BCUT2D eigenvalue weighted by Crippen LogP contribution is 2.33. The predicted octanol–water partition coefficient (Wildman–Crippen LogP) is 5.70. The van der Waals surface area contributed by atoms with E-state index >= 15 is 0 Å². The van der Waals surface area contributed by atoms with Crippen molar-refractivity contribution in [3.05, 3.63) is 57.6 Å². The van der Waals surface area contributed by atoms with Gasteiger partial charge in [0.25, 0.3) is 0 Å². The van der Waals surface area contributed by atoms with Gasteiger partial charge < -0.3 is 10.1 Å². The van der Waals surface area contributed by atoms with Crippen molar-refractivity contribution in [3.8, 4) is 5.75 Å². The van der Waals surface area contributed by atoms with Crippen molar-refractivity contribution in [1.29, 1.82) is 0 Å². The fraction of sp³-hybridized carbons (Fsp3) is 0.294. The van der Waals surface area contributed by atoms with Crippen LogP contribution in [0.25, 0.3) is 0 Å². The quantitative estimate of drug-likeness (QED) is 0.735. The molecule has 2 nitrogen and oxygen atoms in total. The van der Waals surface area contributed by atoms with Crippen LogP contribution >= 0.6 is 23.2 Å². The summed E-state index contributed by atoms with van der Waals surface area (Å²) in [5, 5.41) is 4.57. The van der Waals surface area contributed by atoms with Crippen LogP contribution in [0.3, 0.4) is 0 Å². The first kappa shape index (κ1) is 16.0. The van der Waals surface area contributed by atoms with E-state index in [2.05, 4.69) is 25.2 Å². The third-order valence-electron chi connectivity index (χ3n) is 3.15. The second-order valence-electron chi connectivity index (χ2n) is 4.89. The third-order valence-corrected chi connectivity index (χ3v) is 3.65. The van der Waals surface area contributed by atoms with E-state index in [0.717, 1.165) is 17.7 Å². The van der Waals surface area contributed by atoms with E-state index in [4.69, 9.17) is 27.9 Å². The minimum Gasteiger partial charge on any atom is -0.492 e. The molecule has 0 saturated carbocycles. The number of aryl methyl sites for hydroxylation is 1. The number of rotatable bonds is 6. The molecule has 0 aliphatic heterocycles. The molecule has 0 radical (unpaired) electrons. The predicted molar refractivity (Wildman–Crippen MR) is 90.8 cm³/mol. The summed E-state index contributed by atoms with van der Waals surface area (Å²) in [7, 11) is 0. The molecule has 0 bridgehead atoms. The summed E-state index contributed by atoms with van der Waals surface area (Å²) >= 11 is 12.3. The summed E-state index contributed by atoms with van der Waals surface area (Å²) in [6, 6.07) is 11.8. The van der Waals surface area contributed by atoms with Gasteiger partial charge in [-0.1, -0.05) is 48.3 Å². The molecule has 0 atom stereocenters. The molecule has 1 N–H and O–H groups in total. The van der Waals surface area contributed by atoms with Gasteiger partial charge in [-0.25, -0.2) is 0 Å². The number of ether oxygens (including phenoxy) is 1. The highest BCUT2D eigenvalue weighted by molar-refractivity contribution is 6.35. The van der Waals surface area contributed by atoms with Crippen molar-refractivity contribution in [1.82, 2.24) is 0 Å². The van der Waals surface area contributed by atoms with E-state index in [1.54, 1.807) is 6.07 Å². The molecule has 0 aliphatic carbocycles. The summed E-state index contributed by atoms with van der Waals surface area (Å²) in [6.45, 7) is 5.39. The fourth-order valence-corrected chi connectivity index (χ4v) is 2.66. The lowest BCUT2D eigenvalue weighted by Crippen LogP contribution is -2.05. The van der Waals surface area contributed by atoms with Gasteiger partial charge in [0.15, 0.2) is 0 Å². The summed E-state index contributed by atoms with van der Waals surface area (Å²) in [6.07, 6.45) is 0.934. The Morgan fingerprint density at radius 1 is 1.14 bits per heavy atom. The molecule has 0 aliphatic rings. The van der Waals surface area contributed by atoms with Crippen LogP contribution in [0.15, 0.2) is 36.4 Å². The van der Waals surface area contributed by atoms with Crippen molar-refractivity contribution in [2.45, 2.75) is 26.8 Å². The van der Waals surface area contributed by atoms with Gasteiger partial charge in [-0.3, -0.25) is 0 Å². The lowest BCUT2D eigenvalue weighted by atomic mass is 10.1. The Kier molecular flexibility index (Phi) is 5.77.